The second-order valence-electron chi connectivity index (χ2n) is 6.12. The Hall–Kier alpha value is -0.610. The number of carbonyl (C=O) groups is 1. The van der Waals surface area contributed by atoms with E-state index in [1.54, 1.807) is 0 Å². The molecule has 1 amide bonds. The molecule has 0 aromatic rings. The number of rotatable bonds is 7. The molecule has 0 radical (unpaired) electrons. The first kappa shape index (κ1) is 16.4. The monoisotopic (exact) mass is 269 g/mol. The number of nitrogens with one attached hydrogen (secondary N) is 2. The summed E-state index contributed by atoms with van der Waals surface area (Å²) in [7, 11) is 0. The van der Waals surface area contributed by atoms with Crippen LogP contribution in [0.15, 0.2) is 0 Å². The lowest BCUT2D eigenvalue weighted by molar-refractivity contribution is -0.122. The molecule has 19 heavy (non-hydrogen) atoms. The Labute approximate surface area is 117 Å². The van der Waals surface area contributed by atoms with Gasteiger partial charge in [0, 0.05) is 18.5 Å². The lowest BCUT2D eigenvalue weighted by Gasteiger charge is -2.29. The van der Waals surface area contributed by atoms with Crippen LogP contribution in [0.5, 0.6) is 0 Å². The van der Waals surface area contributed by atoms with Crippen LogP contribution in [0.3, 0.4) is 0 Å². The van der Waals surface area contributed by atoms with Crippen molar-refractivity contribution in [2.75, 3.05) is 19.6 Å². The van der Waals surface area contributed by atoms with Gasteiger partial charge in [0.2, 0.25) is 5.91 Å². The molecule has 1 heterocycles. The lowest BCUT2D eigenvalue weighted by atomic mass is 9.84. The maximum Gasteiger partial charge on any atom is 0.220 e. The summed E-state index contributed by atoms with van der Waals surface area (Å²) in [6.45, 7) is 9.13. The quantitative estimate of drug-likeness (QED) is 0.658. The fraction of sp³-hybridized carbons (Fsp3) is 0.933. The molecule has 1 unspecified atom stereocenters. The fourth-order valence-electron chi connectivity index (χ4n) is 2.72. The van der Waals surface area contributed by atoms with E-state index in [1.165, 1.54) is 12.8 Å². The van der Waals surface area contributed by atoms with Gasteiger partial charge < -0.3 is 16.4 Å². The molecule has 0 aromatic heterocycles. The molecule has 0 saturated carbocycles. The van der Waals surface area contributed by atoms with E-state index in [4.69, 9.17) is 5.73 Å². The summed E-state index contributed by atoms with van der Waals surface area (Å²) in [6, 6.07) is 0. The molecule has 1 aliphatic rings. The van der Waals surface area contributed by atoms with Crippen LogP contribution in [0.1, 0.15) is 52.9 Å². The number of hydrogen-bond acceptors (Lipinski definition) is 3. The van der Waals surface area contributed by atoms with Crippen molar-refractivity contribution in [3.63, 3.8) is 0 Å². The van der Waals surface area contributed by atoms with E-state index in [1.807, 2.05) is 0 Å². The van der Waals surface area contributed by atoms with E-state index < -0.39 is 0 Å². The van der Waals surface area contributed by atoms with Crippen LogP contribution in [0, 0.1) is 11.8 Å². The highest BCUT2D eigenvalue weighted by Gasteiger charge is 2.24. The van der Waals surface area contributed by atoms with E-state index in [-0.39, 0.29) is 11.4 Å². The van der Waals surface area contributed by atoms with Crippen LogP contribution in [0.4, 0.5) is 0 Å². The molecule has 4 heteroatoms. The van der Waals surface area contributed by atoms with E-state index in [0.717, 1.165) is 25.9 Å². The van der Waals surface area contributed by atoms with Gasteiger partial charge in [-0.25, -0.2) is 0 Å². The normalized spacial score (nSPS) is 19.2. The largest absolute Gasteiger partial charge is 0.354 e. The van der Waals surface area contributed by atoms with Gasteiger partial charge in [-0.2, -0.15) is 0 Å². The van der Waals surface area contributed by atoms with Crippen molar-refractivity contribution in [3.8, 4) is 0 Å². The van der Waals surface area contributed by atoms with Crippen molar-refractivity contribution in [1.82, 2.24) is 10.6 Å². The van der Waals surface area contributed by atoms with E-state index in [0.29, 0.717) is 24.8 Å². The van der Waals surface area contributed by atoms with Gasteiger partial charge in [0.15, 0.2) is 0 Å². The molecule has 0 spiro atoms. The number of amides is 1. The molecule has 1 saturated heterocycles. The Balaban J connectivity index is 2.30. The van der Waals surface area contributed by atoms with E-state index >= 15 is 0 Å². The Bertz CT molecular complexity index is 271. The molecule has 112 valence electrons. The van der Waals surface area contributed by atoms with Crippen molar-refractivity contribution in [2.24, 2.45) is 17.6 Å². The minimum Gasteiger partial charge on any atom is -0.354 e. The van der Waals surface area contributed by atoms with E-state index in [2.05, 4.69) is 31.4 Å². The third-order valence-corrected chi connectivity index (χ3v) is 4.74. The fourth-order valence-corrected chi connectivity index (χ4v) is 2.72. The minimum atomic E-state index is -0.242. The van der Waals surface area contributed by atoms with Gasteiger partial charge >= 0.3 is 0 Å². The maximum absolute atomic E-state index is 12.0. The Morgan fingerprint density at radius 3 is 2.47 bits per heavy atom. The molecular weight excluding hydrogens is 238 g/mol. The second-order valence-corrected chi connectivity index (χ2v) is 6.12. The van der Waals surface area contributed by atoms with Crippen LogP contribution in [-0.4, -0.2) is 31.1 Å². The summed E-state index contributed by atoms with van der Waals surface area (Å²) in [5, 5.41) is 6.38. The SMILES string of the molecule is CCC(N)(CC)CNC(=O)CC(C)C1CCNCC1. The second kappa shape index (κ2) is 7.85. The summed E-state index contributed by atoms with van der Waals surface area (Å²) in [5.74, 6) is 1.31. The average Bonchev–Trinajstić information content (AvgIpc) is 2.45. The van der Waals surface area contributed by atoms with Crippen LogP contribution in [0.2, 0.25) is 0 Å². The number of piperidine rings is 1. The van der Waals surface area contributed by atoms with Gasteiger partial charge in [0.1, 0.15) is 0 Å². The maximum atomic E-state index is 12.0. The van der Waals surface area contributed by atoms with Crippen molar-refractivity contribution in [2.45, 2.75) is 58.4 Å². The highest BCUT2D eigenvalue weighted by Crippen LogP contribution is 2.24. The Kier molecular flexibility index (Phi) is 6.80. The van der Waals surface area contributed by atoms with Crippen LogP contribution >= 0.6 is 0 Å². The zero-order chi connectivity index (χ0) is 14.3. The molecule has 0 aliphatic carbocycles. The Morgan fingerprint density at radius 2 is 1.95 bits per heavy atom. The van der Waals surface area contributed by atoms with Crippen molar-refractivity contribution in [1.29, 1.82) is 0 Å². The number of carbonyl (C=O) groups excluding carboxylic acids is 1. The highest BCUT2D eigenvalue weighted by molar-refractivity contribution is 5.76. The highest BCUT2D eigenvalue weighted by atomic mass is 16.1. The molecule has 1 aliphatic heterocycles. The van der Waals surface area contributed by atoms with Gasteiger partial charge in [0.25, 0.3) is 0 Å². The molecule has 1 rings (SSSR count). The summed E-state index contributed by atoms with van der Waals surface area (Å²) in [5.41, 5.74) is 5.95. The van der Waals surface area contributed by atoms with Gasteiger partial charge in [-0.15, -0.1) is 0 Å². The summed E-state index contributed by atoms with van der Waals surface area (Å²) in [4.78, 5) is 12.0. The first-order valence-corrected chi connectivity index (χ1v) is 7.77. The van der Waals surface area contributed by atoms with Crippen molar-refractivity contribution < 1.29 is 4.79 Å². The predicted molar refractivity (Wildman–Crippen MR) is 79.9 cm³/mol. The zero-order valence-corrected chi connectivity index (χ0v) is 12.8. The number of hydrogen-bond donors (Lipinski definition) is 3. The smallest absolute Gasteiger partial charge is 0.220 e. The molecule has 4 nitrogen and oxygen atoms in total. The standard InChI is InChI=1S/C15H31N3O/c1-4-15(16,5-2)11-18-14(19)10-12(3)13-6-8-17-9-7-13/h12-13,17H,4-11,16H2,1-3H3,(H,18,19). The molecule has 4 N–H and O–H groups in total. The summed E-state index contributed by atoms with van der Waals surface area (Å²) in [6.07, 6.45) is 4.81. The first-order chi connectivity index (χ1) is 9.00. The predicted octanol–water partition coefficient (Wildman–Crippen LogP) is 1.65. The topological polar surface area (TPSA) is 67.1 Å². The van der Waals surface area contributed by atoms with Crippen molar-refractivity contribution in [3.05, 3.63) is 0 Å². The van der Waals surface area contributed by atoms with Crippen molar-refractivity contribution >= 4 is 5.91 Å². The first-order valence-electron chi connectivity index (χ1n) is 7.77. The van der Waals surface area contributed by atoms with Gasteiger partial charge in [-0.05, 0) is 50.6 Å². The van der Waals surface area contributed by atoms with Crippen LogP contribution in [-0.2, 0) is 4.79 Å². The summed E-state index contributed by atoms with van der Waals surface area (Å²) >= 11 is 0. The van der Waals surface area contributed by atoms with Gasteiger partial charge in [-0.1, -0.05) is 20.8 Å². The minimum absolute atomic E-state index is 0.155. The Morgan fingerprint density at radius 1 is 1.37 bits per heavy atom. The molecule has 1 atom stereocenters. The third-order valence-electron chi connectivity index (χ3n) is 4.74. The molecule has 1 fully saturated rings. The van der Waals surface area contributed by atoms with Crippen LogP contribution in [0.25, 0.3) is 0 Å². The lowest BCUT2D eigenvalue weighted by Crippen LogP contribution is -2.49. The molecule has 0 bridgehead atoms. The molecular formula is C15H31N3O. The third kappa shape index (κ3) is 5.49. The van der Waals surface area contributed by atoms with Gasteiger partial charge in [0.05, 0.1) is 0 Å². The van der Waals surface area contributed by atoms with Crippen LogP contribution < -0.4 is 16.4 Å². The van der Waals surface area contributed by atoms with Gasteiger partial charge in [-0.3, -0.25) is 4.79 Å². The number of nitrogens with two attached hydrogens (primary N) is 1. The zero-order valence-electron chi connectivity index (χ0n) is 12.8. The summed E-state index contributed by atoms with van der Waals surface area (Å²) < 4.78 is 0. The molecule has 0 aromatic carbocycles. The average molecular weight is 269 g/mol. The van der Waals surface area contributed by atoms with E-state index in [9.17, 15) is 4.79 Å².